The van der Waals surface area contributed by atoms with Crippen molar-refractivity contribution in [3.8, 4) is 0 Å². The summed E-state index contributed by atoms with van der Waals surface area (Å²) in [5.74, 6) is 0.685. The molecule has 2 rings (SSSR count). The van der Waals surface area contributed by atoms with Gasteiger partial charge in [0.15, 0.2) is 5.96 Å². The van der Waals surface area contributed by atoms with Gasteiger partial charge < -0.3 is 15.5 Å². The fraction of sp³-hybridized carbons (Fsp3) is 0.300. The van der Waals surface area contributed by atoms with Crippen LogP contribution in [0.5, 0.6) is 0 Å². The van der Waals surface area contributed by atoms with Gasteiger partial charge in [0.1, 0.15) is 0 Å². The van der Waals surface area contributed by atoms with Gasteiger partial charge in [-0.15, -0.1) is 0 Å². The second-order valence-corrected chi connectivity index (χ2v) is 6.43. The highest BCUT2D eigenvalue weighted by molar-refractivity contribution is 6.31. The summed E-state index contributed by atoms with van der Waals surface area (Å²) in [6.45, 7) is 3.13. The zero-order valence-electron chi connectivity index (χ0n) is 15.4. The van der Waals surface area contributed by atoms with Gasteiger partial charge in [0.2, 0.25) is 5.91 Å². The number of benzene rings is 2. The number of amides is 1. The number of hydrogen-bond acceptors (Lipinski definition) is 2. The van der Waals surface area contributed by atoms with E-state index in [9.17, 15) is 4.79 Å². The van der Waals surface area contributed by atoms with Crippen LogP contribution in [-0.4, -0.2) is 37.4 Å². The first-order chi connectivity index (χ1) is 12.5. The highest BCUT2D eigenvalue weighted by atomic mass is 35.5. The molecule has 0 saturated carbocycles. The van der Waals surface area contributed by atoms with Gasteiger partial charge in [-0.2, -0.15) is 0 Å². The van der Waals surface area contributed by atoms with Gasteiger partial charge in [-0.05, 0) is 30.2 Å². The topological polar surface area (TPSA) is 56.7 Å². The second-order valence-electron chi connectivity index (χ2n) is 6.03. The van der Waals surface area contributed by atoms with E-state index < -0.39 is 0 Å². The first-order valence-corrected chi connectivity index (χ1v) is 8.89. The lowest BCUT2D eigenvalue weighted by atomic mass is 10.2. The van der Waals surface area contributed by atoms with Crippen molar-refractivity contribution in [3.63, 3.8) is 0 Å². The summed E-state index contributed by atoms with van der Waals surface area (Å²) in [5.41, 5.74) is 2.81. The molecule has 26 heavy (non-hydrogen) atoms. The van der Waals surface area contributed by atoms with Crippen molar-refractivity contribution in [1.29, 1.82) is 0 Å². The summed E-state index contributed by atoms with van der Waals surface area (Å²) in [6.07, 6.45) is 0.337. The van der Waals surface area contributed by atoms with E-state index in [0.29, 0.717) is 18.0 Å². The number of anilines is 1. The fourth-order valence-electron chi connectivity index (χ4n) is 2.56. The molecule has 1 amide bonds. The van der Waals surface area contributed by atoms with Crippen molar-refractivity contribution in [2.45, 2.75) is 19.9 Å². The normalized spacial score (nSPS) is 11.2. The minimum Gasteiger partial charge on any atom is -0.356 e. The van der Waals surface area contributed by atoms with Crippen LogP contribution in [0.1, 0.15) is 17.5 Å². The van der Waals surface area contributed by atoms with Gasteiger partial charge in [-0.3, -0.25) is 9.79 Å². The van der Waals surface area contributed by atoms with Gasteiger partial charge >= 0.3 is 0 Å². The van der Waals surface area contributed by atoms with Crippen molar-refractivity contribution < 1.29 is 4.79 Å². The average molecular weight is 373 g/mol. The quantitative estimate of drug-likeness (QED) is 0.600. The molecule has 0 aliphatic heterocycles. The number of nitrogens with one attached hydrogen (secondary N) is 2. The third-order valence-corrected chi connectivity index (χ3v) is 4.42. The van der Waals surface area contributed by atoms with Crippen LogP contribution in [0.3, 0.4) is 0 Å². The van der Waals surface area contributed by atoms with E-state index in [1.165, 1.54) is 5.56 Å². The molecule has 0 bridgehead atoms. The Morgan fingerprint density at radius 3 is 2.58 bits per heavy atom. The third kappa shape index (κ3) is 5.77. The minimum absolute atomic E-state index is 0.0657. The first kappa shape index (κ1) is 19.8. The number of rotatable bonds is 6. The molecular weight excluding hydrogens is 348 g/mol. The summed E-state index contributed by atoms with van der Waals surface area (Å²) in [5, 5.41) is 6.76. The van der Waals surface area contributed by atoms with Crippen molar-refractivity contribution >= 4 is 29.2 Å². The number of carbonyl (C=O) groups excluding carboxylic acids is 1. The Morgan fingerprint density at radius 2 is 1.88 bits per heavy atom. The van der Waals surface area contributed by atoms with E-state index in [1.807, 2.05) is 49.2 Å². The van der Waals surface area contributed by atoms with Crippen LogP contribution in [0.25, 0.3) is 0 Å². The number of halogens is 1. The van der Waals surface area contributed by atoms with Crippen LogP contribution < -0.4 is 10.6 Å². The zero-order chi connectivity index (χ0) is 18.9. The van der Waals surface area contributed by atoms with Crippen LogP contribution in [0.4, 0.5) is 5.69 Å². The predicted molar refractivity (Wildman–Crippen MR) is 109 cm³/mol. The van der Waals surface area contributed by atoms with Crippen molar-refractivity contribution in [1.82, 2.24) is 10.2 Å². The largest absolute Gasteiger partial charge is 0.356 e. The Hall–Kier alpha value is -2.53. The summed E-state index contributed by atoms with van der Waals surface area (Å²) < 4.78 is 0. The maximum absolute atomic E-state index is 12.2. The molecule has 6 heteroatoms. The summed E-state index contributed by atoms with van der Waals surface area (Å²) in [4.78, 5) is 18.5. The summed E-state index contributed by atoms with van der Waals surface area (Å²) >= 11 is 6.08. The molecule has 0 unspecified atom stereocenters. The van der Waals surface area contributed by atoms with Crippen molar-refractivity contribution in [3.05, 3.63) is 64.7 Å². The molecule has 0 heterocycles. The summed E-state index contributed by atoms with van der Waals surface area (Å²) in [7, 11) is 3.71. The maximum Gasteiger partial charge on any atom is 0.226 e. The molecule has 2 aromatic rings. The molecule has 0 aromatic heterocycles. The number of guanidine groups is 1. The molecule has 0 saturated heterocycles. The fourth-order valence-corrected chi connectivity index (χ4v) is 2.73. The smallest absolute Gasteiger partial charge is 0.226 e. The number of nitrogens with zero attached hydrogens (tertiary/aromatic N) is 2. The molecule has 0 aliphatic carbocycles. The minimum atomic E-state index is -0.0657. The molecule has 0 spiro atoms. The molecule has 5 nitrogen and oxygen atoms in total. The first-order valence-electron chi connectivity index (χ1n) is 8.52. The zero-order valence-corrected chi connectivity index (χ0v) is 16.2. The standard InChI is InChI=1S/C20H25ClN4O/c1-15-17(21)10-7-11-18(15)24-19(26)12-13-23-20(22-2)25(3)14-16-8-5-4-6-9-16/h4-11H,12-14H2,1-3H3,(H,22,23)(H,24,26). The van der Waals surface area contributed by atoms with E-state index in [2.05, 4.69) is 27.8 Å². The van der Waals surface area contributed by atoms with E-state index in [4.69, 9.17) is 11.6 Å². The van der Waals surface area contributed by atoms with E-state index in [-0.39, 0.29) is 5.91 Å². The Bertz CT molecular complexity index is 762. The summed E-state index contributed by atoms with van der Waals surface area (Å²) in [6, 6.07) is 15.7. The lowest BCUT2D eigenvalue weighted by Gasteiger charge is -2.22. The number of carbonyl (C=O) groups is 1. The molecule has 0 aliphatic rings. The molecule has 2 N–H and O–H groups in total. The van der Waals surface area contributed by atoms with E-state index >= 15 is 0 Å². The lowest BCUT2D eigenvalue weighted by molar-refractivity contribution is -0.116. The predicted octanol–water partition coefficient (Wildman–Crippen LogP) is 3.68. The SMILES string of the molecule is CN=C(NCCC(=O)Nc1cccc(Cl)c1C)N(C)Cc1ccccc1. The Balaban J connectivity index is 1.81. The van der Waals surface area contributed by atoms with Crippen LogP contribution in [0.15, 0.2) is 53.5 Å². The molecule has 2 aromatic carbocycles. The Kier molecular flexibility index (Phi) is 7.48. The van der Waals surface area contributed by atoms with Gasteiger partial charge in [0.25, 0.3) is 0 Å². The van der Waals surface area contributed by atoms with Crippen molar-refractivity contribution in [2.24, 2.45) is 4.99 Å². The Morgan fingerprint density at radius 1 is 1.15 bits per heavy atom. The third-order valence-electron chi connectivity index (χ3n) is 4.01. The number of hydrogen-bond donors (Lipinski definition) is 2. The van der Waals surface area contributed by atoms with Crippen LogP contribution in [0, 0.1) is 6.92 Å². The van der Waals surface area contributed by atoms with Crippen LogP contribution in [0.2, 0.25) is 5.02 Å². The molecule has 0 fully saturated rings. The molecule has 0 atom stereocenters. The van der Waals surface area contributed by atoms with Gasteiger partial charge in [-0.25, -0.2) is 0 Å². The highest BCUT2D eigenvalue weighted by Crippen LogP contribution is 2.22. The number of aliphatic imine (C=N–C) groups is 1. The monoisotopic (exact) mass is 372 g/mol. The lowest BCUT2D eigenvalue weighted by Crippen LogP contribution is -2.39. The average Bonchev–Trinajstić information content (AvgIpc) is 2.63. The molecular formula is C20H25ClN4O. The Labute approximate surface area is 160 Å². The highest BCUT2D eigenvalue weighted by Gasteiger charge is 2.09. The second kappa shape index (κ2) is 9.82. The maximum atomic E-state index is 12.2. The van der Waals surface area contributed by atoms with Crippen LogP contribution in [-0.2, 0) is 11.3 Å². The molecule has 138 valence electrons. The van der Waals surface area contributed by atoms with Crippen LogP contribution >= 0.6 is 11.6 Å². The van der Waals surface area contributed by atoms with Gasteiger partial charge in [0.05, 0.1) is 0 Å². The molecule has 0 radical (unpaired) electrons. The van der Waals surface area contributed by atoms with Gasteiger partial charge in [0, 0.05) is 44.3 Å². The van der Waals surface area contributed by atoms with Crippen molar-refractivity contribution in [2.75, 3.05) is 26.0 Å². The van der Waals surface area contributed by atoms with E-state index in [0.717, 1.165) is 23.8 Å². The van der Waals surface area contributed by atoms with Gasteiger partial charge in [-0.1, -0.05) is 48.0 Å². The van der Waals surface area contributed by atoms with E-state index in [1.54, 1.807) is 13.1 Å².